The van der Waals surface area contributed by atoms with Crippen molar-refractivity contribution < 1.29 is 0 Å². The first-order chi connectivity index (χ1) is 14.2. The van der Waals surface area contributed by atoms with Crippen molar-refractivity contribution in [2.75, 3.05) is 0 Å². The quantitative estimate of drug-likeness (QED) is 0.379. The summed E-state index contributed by atoms with van der Waals surface area (Å²) in [6.07, 6.45) is 0. The van der Waals surface area contributed by atoms with Crippen LogP contribution in [-0.4, -0.2) is 9.55 Å². The van der Waals surface area contributed by atoms with Crippen LogP contribution in [0.15, 0.2) is 95.8 Å². The number of rotatable bonds is 3. The normalized spacial score (nSPS) is 11.2. The van der Waals surface area contributed by atoms with Gasteiger partial charge in [-0.15, -0.1) is 0 Å². The second-order valence-corrected chi connectivity index (χ2v) is 7.44. The molecule has 140 valence electrons. The second kappa shape index (κ2) is 7.19. The molecule has 0 fully saturated rings. The highest BCUT2D eigenvalue weighted by Crippen LogP contribution is 2.28. The van der Waals surface area contributed by atoms with Gasteiger partial charge in [-0.1, -0.05) is 84.4 Å². The Labute approximate surface area is 172 Å². The summed E-state index contributed by atoms with van der Waals surface area (Å²) < 4.78 is 1.75. The van der Waals surface area contributed by atoms with E-state index in [9.17, 15) is 4.79 Å². The van der Waals surface area contributed by atoms with Gasteiger partial charge >= 0.3 is 0 Å². The molecule has 4 heteroatoms. The van der Waals surface area contributed by atoms with Crippen LogP contribution in [0.5, 0.6) is 0 Å². The van der Waals surface area contributed by atoms with Crippen molar-refractivity contribution in [1.82, 2.24) is 9.55 Å². The summed E-state index contributed by atoms with van der Waals surface area (Å²) in [5, 5.41) is 3.23. The number of aromatic nitrogens is 2. The highest BCUT2D eigenvalue weighted by Gasteiger charge is 2.15. The third-order valence-electron chi connectivity index (χ3n) is 5.13. The van der Waals surface area contributed by atoms with E-state index in [1.54, 1.807) is 22.8 Å². The van der Waals surface area contributed by atoms with Gasteiger partial charge in [0.1, 0.15) is 5.82 Å². The molecule has 5 aromatic rings. The van der Waals surface area contributed by atoms with Crippen molar-refractivity contribution >= 4 is 33.3 Å². The molecule has 0 aliphatic heterocycles. The maximum atomic E-state index is 13.5. The number of benzene rings is 4. The smallest absolute Gasteiger partial charge is 0.262 e. The molecule has 29 heavy (non-hydrogen) atoms. The average molecular weight is 397 g/mol. The van der Waals surface area contributed by atoms with E-state index in [1.807, 2.05) is 54.6 Å². The Balaban J connectivity index is 1.85. The molecule has 5 rings (SSSR count). The molecule has 0 aliphatic carbocycles. The van der Waals surface area contributed by atoms with Crippen LogP contribution >= 0.6 is 11.6 Å². The van der Waals surface area contributed by atoms with Crippen molar-refractivity contribution in [3.63, 3.8) is 0 Å². The topological polar surface area (TPSA) is 34.9 Å². The molecule has 0 aliphatic rings. The molecule has 0 radical (unpaired) electrons. The van der Waals surface area contributed by atoms with Crippen LogP contribution in [0.4, 0.5) is 0 Å². The van der Waals surface area contributed by atoms with E-state index in [2.05, 4.69) is 18.2 Å². The van der Waals surface area contributed by atoms with Gasteiger partial charge < -0.3 is 0 Å². The van der Waals surface area contributed by atoms with Crippen molar-refractivity contribution in [2.24, 2.45) is 0 Å². The number of hydrogen-bond donors (Lipinski definition) is 0. The van der Waals surface area contributed by atoms with Crippen LogP contribution in [0.25, 0.3) is 33.1 Å². The lowest BCUT2D eigenvalue weighted by Gasteiger charge is -2.15. The molecule has 0 amide bonds. The van der Waals surface area contributed by atoms with Crippen LogP contribution in [0, 0.1) is 0 Å². The Hall–Kier alpha value is -3.43. The van der Waals surface area contributed by atoms with E-state index in [1.165, 1.54) is 0 Å². The molecule has 0 saturated carbocycles. The van der Waals surface area contributed by atoms with Gasteiger partial charge in [-0.3, -0.25) is 9.36 Å². The zero-order chi connectivity index (χ0) is 19.8. The average Bonchev–Trinajstić information content (AvgIpc) is 2.76. The largest absolute Gasteiger partial charge is 0.288 e. The molecule has 1 heterocycles. The van der Waals surface area contributed by atoms with E-state index < -0.39 is 0 Å². The Morgan fingerprint density at radius 2 is 1.55 bits per heavy atom. The Morgan fingerprint density at radius 1 is 0.793 bits per heavy atom. The van der Waals surface area contributed by atoms with Gasteiger partial charge in [0, 0.05) is 10.6 Å². The fourth-order valence-corrected chi connectivity index (χ4v) is 3.90. The summed E-state index contributed by atoms with van der Waals surface area (Å²) in [5.41, 5.74) is 2.53. The molecular weight excluding hydrogens is 380 g/mol. The minimum absolute atomic E-state index is 0.0933. The van der Waals surface area contributed by atoms with Gasteiger partial charge in [-0.05, 0) is 34.5 Å². The molecule has 0 spiro atoms. The third kappa shape index (κ3) is 3.20. The SMILES string of the molecule is O=c1c2cc(Cl)ccc2nc(-c2cccc3ccccc23)n1Cc1ccccc1. The van der Waals surface area contributed by atoms with Crippen LogP contribution in [0.3, 0.4) is 0 Å². The monoisotopic (exact) mass is 396 g/mol. The van der Waals surface area contributed by atoms with Crippen molar-refractivity contribution in [2.45, 2.75) is 6.54 Å². The fraction of sp³-hybridized carbons (Fsp3) is 0.0400. The lowest BCUT2D eigenvalue weighted by atomic mass is 10.0. The maximum Gasteiger partial charge on any atom is 0.262 e. The lowest BCUT2D eigenvalue weighted by Crippen LogP contribution is -2.24. The maximum absolute atomic E-state index is 13.5. The molecule has 1 aromatic heterocycles. The fourth-order valence-electron chi connectivity index (χ4n) is 3.73. The Morgan fingerprint density at radius 3 is 2.41 bits per heavy atom. The van der Waals surface area contributed by atoms with E-state index in [-0.39, 0.29) is 5.56 Å². The molecule has 3 nitrogen and oxygen atoms in total. The number of fused-ring (bicyclic) bond motifs is 2. The predicted molar refractivity (Wildman–Crippen MR) is 119 cm³/mol. The third-order valence-corrected chi connectivity index (χ3v) is 5.37. The van der Waals surface area contributed by atoms with Gasteiger partial charge in [-0.25, -0.2) is 4.98 Å². The van der Waals surface area contributed by atoms with Gasteiger partial charge in [-0.2, -0.15) is 0 Å². The highest BCUT2D eigenvalue weighted by molar-refractivity contribution is 6.31. The van der Waals surface area contributed by atoms with Crippen LogP contribution in [-0.2, 0) is 6.54 Å². The molecular formula is C25H17ClN2O. The minimum atomic E-state index is -0.0933. The molecule has 0 atom stereocenters. The molecule has 4 aromatic carbocycles. The minimum Gasteiger partial charge on any atom is -0.288 e. The van der Waals surface area contributed by atoms with E-state index in [0.717, 1.165) is 21.9 Å². The molecule has 0 bridgehead atoms. The summed E-state index contributed by atoms with van der Waals surface area (Å²) >= 11 is 6.16. The van der Waals surface area contributed by atoms with Gasteiger partial charge in [0.05, 0.1) is 17.4 Å². The standard InChI is InChI=1S/C25H17ClN2O/c26-19-13-14-23-22(15-19)25(29)28(16-17-7-2-1-3-8-17)24(27-23)21-12-6-10-18-9-4-5-11-20(18)21/h1-15H,16H2. The van der Waals surface area contributed by atoms with Crippen molar-refractivity contribution in [3.05, 3.63) is 112 Å². The van der Waals surface area contributed by atoms with Gasteiger partial charge in [0.2, 0.25) is 0 Å². The predicted octanol–water partition coefficient (Wildman–Crippen LogP) is 5.92. The number of hydrogen-bond acceptors (Lipinski definition) is 2. The van der Waals surface area contributed by atoms with Crippen LogP contribution in [0.1, 0.15) is 5.56 Å². The number of nitrogens with zero attached hydrogens (tertiary/aromatic N) is 2. The summed E-state index contributed by atoms with van der Waals surface area (Å²) in [4.78, 5) is 18.4. The van der Waals surface area contributed by atoms with Crippen molar-refractivity contribution in [3.8, 4) is 11.4 Å². The first-order valence-corrected chi connectivity index (χ1v) is 9.81. The summed E-state index contributed by atoms with van der Waals surface area (Å²) in [7, 11) is 0. The van der Waals surface area contributed by atoms with E-state index >= 15 is 0 Å². The van der Waals surface area contributed by atoms with Crippen LogP contribution < -0.4 is 5.56 Å². The van der Waals surface area contributed by atoms with Gasteiger partial charge in [0.15, 0.2) is 0 Å². The first-order valence-electron chi connectivity index (χ1n) is 9.43. The zero-order valence-electron chi connectivity index (χ0n) is 15.5. The first kappa shape index (κ1) is 17.7. The molecule has 0 unspecified atom stereocenters. The summed E-state index contributed by atoms with van der Waals surface area (Å²) in [5.74, 6) is 0.658. The zero-order valence-corrected chi connectivity index (χ0v) is 16.3. The molecule has 0 saturated heterocycles. The Kier molecular flexibility index (Phi) is 4.38. The second-order valence-electron chi connectivity index (χ2n) is 7.00. The molecule has 0 N–H and O–H groups in total. The number of halogens is 1. The van der Waals surface area contributed by atoms with E-state index in [4.69, 9.17) is 16.6 Å². The highest BCUT2D eigenvalue weighted by atomic mass is 35.5. The summed E-state index contributed by atoms with van der Waals surface area (Å²) in [6.45, 7) is 0.438. The van der Waals surface area contributed by atoms with Crippen molar-refractivity contribution in [1.29, 1.82) is 0 Å². The van der Waals surface area contributed by atoms with Crippen LogP contribution in [0.2, 0.25) is 5.02 Å². The van der Waals surface area contributed by atoms with Gasteiger partial charge in [0.25, 0.3) is 5.56 Å². The lowest BCUT2D eigenvalue weighted by molar-refractivity contribution is 0.760. The summed E-state index contributed by atoms with van der Waals surface area (Å²) in [6, 6.07) is 29.5. The van der Waals surface area contributed by atoms with E-state index in [0.29, 0.717) is 28.3 Å². The Bertz CT molecular complexity index is 1400.